The fourth-order valence-corrected chi connectivity index (χ4v) is 7.86. The molecule has 0 radical (unpaired) electrons. The van der Waals surface area contributed by atoms with Gasteiger partial charge in [0.05, 0.1) is 9.79 Å². The molecule has 1 heterocycles. The van der Waals surface area contributed by atoms with Crippen LogP contribution in [0.25, 0.3) is 0 Å². The second-order valence-electron chi connectivity index (χ2n) is 12.5. The zero-order valence-corrected chi connectivity index (χ0v) is 25.8. The maximum absolute atomic E-state index is 12.1. The lowest BCUT2D eigenvalue weighted by Gasteiger charge is -2.31. The Hall–Kier alpha value is -1.22. The Morgan fingerprint density at radius 3 is 1.53 bits per heavy atom. The Bertz CT molecular complexity index is 978. The summed E-state index contributed by atoms with van der Waals surface area (Å²) in [5.41, 5.74) is 4.42. The normalized spacial score (nSPS) is 15.3. The Morgan fingerprint density at radius 1 is 0.694 bits per heavy atom. The summed E-state index contributed by atoms with van der Waals surface area (Å²) in [5, 5.41) is 0. The molecule has 2 aromatic rings. The van der Waals surface area contributed by atoms with Crippen LogP contribution < -0.4 is 9.05 Å². The standard InChI is InChI=1S/C31H48O3PS/c1-10-11-12-13-14-15-16-17-35(32)33-28-24(30(4,5)6)18-22(2)20-26(28)36-27-21-23(3)19-25(29(27)34-35)31(7,8)9/h18-21,32H,10-17H2,1-9H3/q+1. The average Bonchev–Trinajstić information content (AvgIpc) is 2.74. The van der Waals surface area contributed by atoms with Crippen molar-refractivity contribution in [1.82, 2.24) is 0 Å². The molecular formula is C31H48O3PS+. The van der Waals surface area contributed by atoms with Crippen LogP contribution in [-0.4, -0.2) is 11.1 Å². The van der Waals surface area contributed by atoms with Crippen molar-refractivity contribution >= 4 is 19.7 Å². The van der Waals surface area contributed by atoms with Crippen LogP contribution >= 0.6 is 19.7 Å². The lowest BCUT2D eigenvalue weighted by Crippen LogP contribution is -2.21. The summed E-state index contributed by atoms with van der Waals surface area (Å²) >= 11 is 1.70. The van der Waals surface area contributed by atoms with Crippen LogP contribution in [0.3, 0.4) is 0 Å². The van der Waals surface area contributed by atoms with Gasteiger partial charge in [-0.15, -0.1) is 0 Å². The minimum atomic E-state index is -3.20. The van der Waals surface area contributed by atoms with E-state index in [0.717, 1.165) is 45.3 Å². The Kier molecular flexibility index (Phi) is 9.51. The summed E-state index contributed by atoms with van der Waals surface area (Å²) in [4.78, 5) is 14.2. The van der Waals surface area contributed by atoms with Crippen molar-refractivity contribution in [2.75, 3.05) is 6.16 Å². The minimum absolute atomic E-state index is 0.119. The maximum atomic E-state index is 12.1. The second-order valence-corrected chi connectivity index (χ2v) is 15.7. The van der Waals surface area contributed by atoms with Crippen molar-refractivity contribution in [3.05, 3.63) is 46.5 Å². The third-order valence-corrected chi connectivity index (χ3v) is 9.61. The monoisotopic (exact) mass is 531 g/mol. The lowest BCUT2D eigenvalue weighted by molar-refractivity contribution is 0.328. The number of unbranched alkanes of at least 4 members (excludes halogenated alkanes) is 6. The summed E-state index contributed by atoms with van der Waals surface area (Å²) in [6.45, 7) is 19.8. The molecule has 3 nitrogen and oxygen atoms in total. The van der Waals surface area contributed by atoms with Gasteiger partial charge in [-0.3, -0.25) is 9.05 Å². The van der Waals surface area contributed by atoms with E-state index in [0.29, 0.717) is 6.16 Å². The Morgan fingerprint density at radius 2 is 1.11 bits per heavy atom. The molecule has 0 atom stereocenters. The highest BCUT2D eigenvalue weighted by molar-refractivity contribution is 7.99. The average molecular weight is 532 g/mol. The van der Waals surface area contributed by atoms with E-state index in [1.165, 1.54) is 43.2 Å². The van der Waals surface area contributed by atoms with Gasteiger partial charge in [-0.25, -0.2) is 0 Å². The molecule has 0 bridgehead atoms. The molecule has 36 heavy (non-hydrogen) atoms. The van der Waals surface area contributed by atoms with Gasteiger partial charge in [0.1, 0.15) is 0 Å². The lowest BCUT2D eigenvalue weighted by atomic mass is 9.85. The molecule has 5 heteroatoms. The smallest absolute Gasteiger partial charge is 0.276 e. The molecule has 1 aliphatic heterocycles. The first-order valence-corrected chi connectivity index (χ1v) is 16.3. The zero-order valence-electron chi connectivity index (χ0n) is 24.1. The minimum Gasteiger partial charge on any atom is -0.276 e. The van der Waals surface area contributed by atoms with E-state index in [4.69, 9.17) is 9.05 Å². The largest absolute Gasteiger partial charge is 0.495 e. The predicted molar refractivity (Wildman–Crippen MR) is 157 cm³/mol. The van der Waals surface area contributed by atoms with Gasteiger partial charge in [0.15, 0.2) is 17.7 Å². The number of aryl methyl sites for hydroxylation is 2. The molecule has 1 aliphatic rings. The van der Waals surface area contributed by atoms with E-state index < -0.39 is 7.94 Å². The molecule has 3 rings (SSSR count). The summed E-state index contributed by atoms with van der Waals surface area (Å²) in [6.07, 6.45) is 8.85. The zero-order chi connectivity index (χ0) is 26.7. The summed E-state index contributed by atoms with van der Waals surface area (Å²) in [7, 11) is -3.20. The van der Waals surface area contributed by atoms with Crippen LogP contribution in [0.2, 0.25) is 0 Å². The molecule has 0 aromatic heterocycles. The number of hydrogen-bond acceptors (Lipinski definition) is 4. The van der Waals surface area contributed by atoms with Crippen molar-refractivity contribution in [2.45, 2.75) is 128 Å². The Labute approximate surface area is 225 Å². The molecule has 0 fully saturated rings. The van der Waals surface area contributed by atoms with Crippen LogP contribution in [0.5, 0.6) is 11.5 Å². The molecule has 0 saturated heterocycles. The molecule has 0 spiro atoms. The highest BCUT2D eigenvalue weighted by Crippen LogP contribution is 2.64. The van der Waals surface area contributed by atoms with Gasteiger partial charge >= 0.3 is 7.94 Å². The van der Waals surface area contributed by atoms with E-state index in [1.54, 1.807) is 11.8 Å². The van der Waals surface area contributed by atoms with Crippen LogP contribution in [0.15, 0.2) is 34.1 Å². The Balaban J connectivity index is 2.07. The van der Waals surface area contributed by atoms with Gasteiger partial charge in [-0.05, 0) is 60.8 Å². The molecule has 0 unspecified atom stereocenters. The molecule has 200 valence electrons. The van der Waals surface area contributed by atoms with Crippen LogP contribution in [-0.2, 0) is 10.8 Å². The highest BCUT2D eigenvalue weighted by Gasteiger charge is 2.48. The van der Waals surface area contributed by atoms with Crippen molar-refractivity contribution in [3.63, 3.8) is 0 Å². The van der Waals surface area contributed by atoms with Crippen molar-refractivity contribution in [3.8, 4) is 11.5 Å². The van der Waals surface area contributed by atoms with E-state index in [-0.39, 0.29) is 10.8 Å². The third-order valence-electron chi connectivity index (χ3n) is 6.75. The predicted octanol–water partition coefficient (Wildman–Crippen LogP) is 10.3. The summed E-state index contributed by atoms with van der Waals surface area (Å²) in [5.74, 6) is 1.59. The fourth-order valence-electron chi connectivity index (χ4n) is 4.72. The number of fused-ring (bicyclic) bond motifs is 2. The molecule has 0 saturated carbocycles. The van der Waals surface area contributed by atoms with Crippen LogP contribution in [0, 0.1) is 13.8 Å². The van der Waals surface area contributed by atoms with Crippen molar-refractivity contribution in [1.29, 1.82) is 0 Å². The highest BCUT2D eigenvalue weighted by atomic mass is 32.2. The first kappa shape index (κ1) is 29.3. The second kappa shape index (κ2) is 11.7. The molecular weight excluding hydrogens is 483 g/mol. The van der Waals surface area contributed by atoms with E-state index in [1.807, 2.05) is 0 Å². The summed E-state index contributed by atoms with van der Waals surface area (Å²) in [6, 6.07) is 8.80. The van der Waals surface area contributed by atoms with Crippen molar-refractivity contribution < 1.29 is 13.9 Å². The number of benzene rings is 2. The molecule has 0 amide bonds. The van der Waals surface area contributed by atoms with Gasteiger partial charge in [-0.2, -0.15) is 4.89 Å². The van der Waals surface area contributed by atoms with Gasteiger partial charge in [0.25, 0.3) is 0 Å². The summed E-state index contributed by atoms with van der Waals surface area (Å²) < 4.78 is 13.3. The van der Waals surface area contributed by atoms with E-state index >= 15 is 0 Å². The molecule has 1 N–H and O–H groups in total. The van der Waals surface area contributed by atoms with E-state index in [9.17, 15) is 4.89 Å². The quantitative estimate of drug-likeness (QED) is 0.272. The topological polar surface area (TPSA) is 38.7 Å². The first-order chi connectivity index (χ1) is 16.7. The van der Waals surface area contributed by atoms with Crippen LogP contribution in [0.1, 0.15) is 116 Å². The van der Waals surface area contributed by atoms with Gasteiger partial charge < -0.3 is 0 Å². The fraction of sp³-hybridized carbons (Fsp3) is 0.613. The molecule has 0 aliphatic carbocycles. The number of rotatable bonds is 8. The van der Waals surface area contributed by atoms with Crippen LogP contribution in [0.4, 0.5) is 0 Å². The van der Waals surface area contributed by atoms with E-state index in [2.05, 4.69) is 86.6 Å². The SMILES string of the molecule is CCCCCCCCC[P+]1(O)Oc2c(cc(C)cc2C(C)(C)C)Sc2cc(C)cc(C(C)(C)C)c2O1. The third kappa shape index (κ3) is 7.42. The maximum Gasteiger partial charge on any atom is 0.495 e. The number of hydrogen-bond donors (Lipinski definition) is 1. The molecule has 2 aromatic carbocycles. The van der Waals surface area contributed by atoms with Gasteiger partial charge in [0, 0.05) is 11.1 Å². The van der Waals surface area contributed by atoms with Crippen molar-refractivity contribution in [2.24, 2.45) is 0 Å². The van der Waals surface area contributed by atoms with Gasteiger partial charge in [-0.1, -0.05) is 104 Å². The van der Waals surface area contributed by atoms with Gasteiger partial charge in [0.2, 0.25) is 0 Å². The first-order valence-electron chi connectivity index (χ1n) is 13.7.